The molecule has 0 saturated carbocycles. The van der Waals surface area contributed by atoms with Crippen LogP contribution in [0, 0.1) is 0 Å². The lowest BCUT2D eigenvalue weighted by Crippen LogP contribution is -2.33. The van der Waals surface area contributed by atoms with Gasteiger partial charge in [0, 0.05) is 48.2 Å². The van der Waals surface area contributed by atoms with Crippen LogP contribution in [-0.4, -0.2) is 20.1 Å². The lowest BCUT2D eigenvalue weighted by molar-refractivity contribution is 0.0224. The van der Waals surface area contributed by atoms with E-state index in [-0.39, 0.29) is 11.0 Å². The Bertz CT molecular complexity index is 1570. The minimum Gasteiger partial charge on any atom is -0.456 e. The van der Waals surface area contributed by atoms with E-state index in [0.717, 1.165) is 16.8 Å². The number of hydrogen-bond acceptors (Lipinski definition) is 5. The van der Waals surface area contributed by atoms with Crippen LogP contribution in [-0.2, 0) is 10.3 Å². The van der Waals surface area contributed by atoms with E-state index in [4.69, 9.17) is 44.3 Å². The average molecular weight is 538 g/mol. The van der Waals surface area contributed by atoms with E-state index in [1.165, 1.54) is 0 Å². The van der Waals surface area contributed by atoms with Crippen molar-refractivity contribution in [2.75, 3.05) is 24.3 Å². The molecule has 0 aromatic heterocycles. The van der Waals surface area contributed by atoms with Crippen molar-refractivity contribution in [3.8, 4) is 11.5 Å². The van der Waals surface area contributed by atoms with Crippen LogP contribution < -0.4 is 15.0 Å². The fourth-order valence-electron chi connectivity index (χ4n) is 4.80. The van der Waals surface area contributed by atoms with E-state index in [0.29, 0.717) is 44.0 Å². The lowest BCUT2D eigenvalue weighted by Gasteiger charge is -2.37. The Hall–Kier alpha value is -3.38. The summed E-state index contributed by atoms with van der Waals surface area (Å²) in [5.74, 6) is 0.840. The molecule has 2 aliphatic heterocycles. The molecule has 0 bridgehead atoms. The first-order valence-electron chi connectivity index (χ1n) is 11.2. The van der Waals surface area contributed by atoms with E-state index in [2.05, 4.69) is 5.32 Å². The summed E-state index contributed by atoms with van der Waals surface area (Å²) in [6.07, 6.45) is 0. The van der Waals surface area contributed by atoms with Crippen LogP contribution in [0.1, 0.15) is 27.0 Å². The first kappa shape index (κ1) is 23.0. The summed E-state index contributed by atoms with van der Waals surface area (Å²) in [5, 5.41) is 4.25. The number of hydrogen-bond donors (Lipinski definition) is 1. The van der Waals surface area contributed by atoms with Crippen molar-refractivity contribution < 1.29 is 14.3 Å². The number of carbonyl (C=O) groups excluding carboxylic acids is 1. The molecule has 2 heterocycles. The summed E-state index contributed by atoms with van der Waals surface area (Å²) in [7, 11) is 3.93. The van der Waals surface area contributed by atoms with Crippen molar-refractivity contribution in [2.24, 2.45) is 0 Å². The Kier molecular flexibility index (Phi) is 5.34. The molecule has 4 aromatic rings. The predicted molar refractivity (Wildman–Crippen MR) is 144 cm³/mol. The summed E-state index contributed by atoms with van der Waals surface area (Å²) >= 11 is 18.8. The second-order valence-electron chi connectivity index (χ2n) is 8.85. The average Bonchev–Trinajstić information content (AvgIpc) is 3.17. The molecule has 2 aliphatic rings. The Morgan fingerprint density at radius 3 is 2.42 bits per heavy atom. The van der Waals surface area contributed by atoms with E-state index >= 15 is 0 Å². The highest BCUT2D eigenvalue weighted by molar-refractivity contribution is 6.49. The van der Waals surface area contributed by atoms with Gasteiger partial charge in [-0.25, -0.2) is 4.79 Å². The number of nitrogens with zero attached hydrogens (tertiary/aromatic N) is 1. The molecule has 1 atom stereocenters. The summed E-state index contributed by atoms with van der Waals surface area (Å²) in [4.78, 5) is 15.1. The quantitative estimate of drug-likeness (QED) is 0.212. The highest BCUT2D eigenvalue weighted by atomic mass is 35.5. The van der Waals surface area contributed by atoms with Gasteiger partial charge in [-0.3, -0.25) is 0 Å². The molecule has 4 aromatic carbocycles. The van der Waals surface area contributed by atoms with Gasteiger partial charge in [0.25, 0.3) is 0 Å². The highest BCUT2D eigenvalue weighted by Crippen LogP contribution is 2.57. The van der Waals surface area contributed by atoms with Gasteiger partial charge in [0.1, 0.15) is 11.5 Å². The van der Waals surface area contributed by atoms with E-state index in [1.54, 1.807) is 18.2 Å². The normalized spacial score (nSPS) is 17.1. The lowest BCUT2D eigenvalue weighted by atomic mass is 9.77. The zero-order valence-electron chi connectivity index (χ0n) is 19.2. The number of benzene rings is 4. The number of fused-ring (bicyclic) bond motifs is 6. The van der Waals surface area contributed by atoms with Crippen molar-refractivity contribution in [1.29, 1.82) is 0 Å². The van der Waals surface area contributed by atoms with Gasteiger partial charge in [0.15, 0.2) is 5.60 Å². The molecule has 0 fully saturated rings. The monoisotopic (exact) mass is 536 g/mol. The number of anilines is 3. The summed E-state index contributed by atoms with van der Waals surface area (Å²) in [6.45, 7) is 0. The molecular weight excluding hydrogens is 519 g/mol. The Balaban J connectivity index is 1.55. The fraction of sp³-hybridized carbons (Fsp3) is 0.107. The van der Waals surface area contributed by atoms with E-state index in [9.17, 15) is 4.79 Å². The van der Waals surface area contributed by atoms with Crippen LogP contribution in [0.2, 0.25) is 15.1 Å². The van der Waals surface area contributed by atoms with Crippen LogP contribution in [0.3, 0.4) is 0 Å². The van der Waals surface area contributed by atoms with Crippen molar-refractivity contribution in [1.82, 2.24) is 0 Å². The molecule has 0 aliphatic carbocycles. The highest BCUT2D eigenvalue weighted by Gasteiger charge is 2.53. The zero-order chi connectivity index (χ0) is 25.2. The van der Waals surface area contributed by atoms with Crippen LogP contribution in [0.25, 0.3) is 0 Å². The molecule has 0 radical (unpaired) electrons. The van der Waals surface area contributed by atoms with Gasteiger partial charge in [-0.05, 0) is 48.5 Å². The molecular formula is C28H19Cl3N2O3. The molecule has 8 heteroatoms. The third kappa shape index (κ3) is 3.34. The maximum Gasteiger partial charge on any atom is 0.340 e. The number of halogens is 3. The van der Waals surface area contributed by atoms with Crippen molar-refractivity contribution in [3.63, 3.8) is 0 Å². The van der Waals surface area contributed by atoms with Gasteiger partial charge in [-0.1, -0.05) is 53.0 Å². The van der Waals surface area contributed by atoms with Crippen LogP contribution in [0.4, 0.5) is 17.1 Å². The Morgan fingerprint density at radius 1 is 0.806 bits per heavy atom. The molecule has 0 saturated heterocycles. The third-order valence-corrected chi connectivity index (χ3v) is 7.82. The summed E-state index contributed by atoms with van der Waals surface area (Å²) < 4.78 is 12.6. The minimum absolute atomic E-state index is 0.269. The van der Waals surface area contributed by atoms with Gasteiger partial charge in [-0.15, -0.1) is 0 Å². The molecule has 1 unspecified atom stereocenters. The van der Waals surface area contributed by atoms with Gasteiger partial charge in [0.05, 0.1) is 26.3 Å². The van der Waals surface area contributed by atoms with Gasteiger partial charge < -0.3 is 19.7 Å². The maximum absolute atomic E-state index is 13.1. The second-order valence-corrected chi connectivity index (χ2v) is 10.0. The standard InChI is InChI=1S/C28H19Cl3N2O3/c1-33(2)16-8-9-19-24(14-16)35-23-12-7-15(32-22-11-10-21(29)25(30)26(22)31)13-20(23)28(19)18-6-4-3-5-17(18)27(34)36-28/h3-14,32H,1-2H3. The smallest absolute Gasteiger partial charge is 0.340 e. The zero-order valence-corrected chi connectivity index (χ0v) is 21.5. The number of nitrogens with one attached hydrogen (secondary N) is 1. The summed E-state index contributed by atoms with van der Waals surface area (Å²) in [5.41, 5.74) is 3.86. The minimum atomic E-state index is -1.17. The Morgan fingerprint density at radius 2 is 1.61 bits per heavy atom. The predicted octanol–water partition coefficient (Wildman–Crippen LogP) is 8.02. The number of rotatable bonds is 3. The topological polar surface area (TPSA) is 50.8 Å². The van der Waals surface area contributed by atoms with Gasteiger partial charge in [-0.2, -0.15) is 0 Å². The first-order valence-corrected chi connectivity index (χ1v) is 12.3. The Labute approximate surface area is 223 Å². The first-order chi connectivity index (χ1) is 17.3. The largest absolute Gasteiger partial charge is 0.456 e. The SMILES string of the molecule is CN(C)c1ccc2c(c1)Oc1ccc(Nc3ccc(Cl)c(Cl)c3Cl)cc1C21OC(=O)c2ccccc21. The van der Waals surface area contributed by atoms with Crippen LogP contribution >= 0.6 is 34.8 Å². The number of carbonyl (C=O) groups is 1. The van der Waals surface area contributed by atoms with Gasteiger partial charge >= 0.3 is 5.97 Å². The van der Waals surface area contributed by atoms with Crippen molar-refractivity contribution in [3.05, 3.63) is 110 Å². The molecule has 1 N–H and O–H groups in total. The molecule has 1 spiro atoms. The number of esters is 1. The van der Waals surface area contributed by atoms with Crippen LogP contribution in [0.15, 0.2) is 72.8 Å². The van der Waals surface area contributed by atoms with Gasteiger partial charge in [0.2, 0.25) is 0 Å². The molecule has 0 amide bonds. The van der Waals surface area contributed by atoms with Crippen molar-refractivity contribution >= 4 is 57.8 Å². The molecule has 5 nitrogen and oxygen atoms in total. The molecule has 36 heavy (non-hydrogen) atoms. The van der Waals surface area contributed by atoms with Crippen LogP contribution in [0.5, 0.6) is 11.5 Å². The van der Waals surface area contributed by atoms with E-state index < -0.39 is 5.60 Å². The molecule has 6 rings (SSSR count). The van der Waals surface area contributed by atoms with E-state index in [1.807, 2.05) is 73.6 Å². The van der Waals surface area contributed by atoms with Crippen molar-refractivity contribution in [2.45, 2.75) is 5.60 Å². The maximum atomic E-state index is 13.1. The summed E-state index contributed by atoms with van der Waals surface area (Å²) in [6, 6.07) is 22.4. The third-order valence-electron chi connectivity index (χ3n) is 6.53. The fourth-order valence-corrected chi connectivity index (χ4v) is 5.38. The molecule has 180 valence electrons. The second kappa shape index (κ2) is 8.34. The number of ether oxygens (including phenoxy) is 2.